The molecule has 5 nitrogen and oxygen atoms in total. The zero-order valence-corrected chi connectivity index (χ0v) is 15.6. The molecule has 0 radical (unpaired) electrons. The lowest BCUT2D eigenvalue weighted by molar-refractivity contribution is -0.932. The molecule has 0 bridgehead atoms. The second-order valence-electron chi connectivity index (χ2n) is 6.70. The SMILES string of the molecule is COc1ccc([C@H]2CCC[NH+]2[C@@H](C)C(=O)Nc2ccccc2)c(OC)c1. The molecule has 0 spiro atoms. The Balaban J connectivity index is 1.78. The van der Waals surface area contributed by atoms with E-state index in [0.29, 0.717) is 0 Å². The molecule has 3 atom stereocenters. The fourth-order valence-corrected chi connectivity index (χ4v) is 3.79. The lowest BCUT2D eigenvalue weighted by Crippen LogP contribution is -3.15. The smallest absolute Gasteiger partial charge is 0.282 e. The highest BCUT2D eigenvalue weighted by molar-refractivity contribution is 5.93. The van der Waals surface area contributed by atoms with Gasteiger partial charge in [0.15, 0.2) is 6.04 Å². The number of anilines is 1. The van der Waals surface area contributed by atoms with Gasteiger partial charge < -0.3 is 19.7 Å². The van der Waals surface area contributed by atoms with Crippen LogP contribution in [-0.2, 0) is 4.79 Å². The van der Waals surface area contributed by atoms with E-state index in [2.05, 4.69) is 11.4 Å². The first-order valence-corrected chi connectivity index (χ1v) is 9.07. The molecule has 138 valence electrons. The summed E-state index contributed by atoms with van der Waals surface area (Å²) in [6.45, 7) is 2.98. The Hall–Kier alpha value is -2.53. The molecule has 3 rings (SSSR count). The summed E-state index contributed by atoms with van der Waals surface area (Å²) in [5.41, 5.74) is 1.97. The van der Waals surface area contributed by atoms with Crippen molar-refractivity contribution in [2.75, 3.05) is 26.1 Å². The van der Waals surface area contributed by atoms with Gasteiger partial charge >= 0.3 is 0 Å². The molecule has 26 heavy (non-hydrogen) atoms. The van der Waals surface area contributed by atoms with Crippen LogP contribution in [-0.4, -0.2) is 32.7 Å². The molecule has 1 aliphatic heterocycles. The summed E-state index contributed by atoms with van der Waals surface area (Å²) in [4.78, 5) is 14.0. The molecule has 1 aliphatic rings. The van der Waals surface area contributed by atoms with E-state index in [4.69, 9.17) is 9.47 Å². The third-order valence-corrected chi connectivity index (χ3v) is 5.21. The van der Waals surface area contributed by atoms with E-state index in [9.17, 15) is 4.79 Å². The number of hydrogen-bond acceptors (Lipinski definition) is 3. The lowest BCUT2D eigenvalue weighted by atomic mass is 10.0. The fraction of sp³-hybridized carbons (Fsp3) is 0.381. The summed E-state index contributed by atoms with van der Waals surface area (Å²) in [7, 11) is 3.33. The van der Waals surface area contributed by atoms with Crippen LogP contribution < -0.4 is 19.7 Å². The highest BCUT2D eigenvalue weighted by atomic mass is 16.5. The van der Waals surface area contributed by atoms with Crippen LogP contribution in [0.5, 0.6) is 11.5 Å². The number of hydrogen-bond donors (Lipinski definition) is 2. The Morgan fingerprint density at radius 1 is 1.15 bits per heavy atom. The molecule has 1 unspecified atom stereocenters. The molecule has 1 amide bonds. The number of nitrogens with one attached hydrogen (secondary N) is 2. The van der Waals surface area contributed by atoms with Gasteiger partial charge in [0, 0.05) is 24.6 Å². The van der Waals surface area contributed by atoms with Gasteiger partial charge in [-0.2, -0.15) is 0 Å². The summed E-state index contributed by atoms with van der Waals surface area (Å²) in [6, 6.07) is 15.7. The number of benzene rings is 2. The van der Waals surface area contributed by atoms with Crippen molar-refractivity contribution in [3.05, 3.63) is 54.1 Å². The van der Waals surface area contributed by atoms with Crippen molar-refractivity contribution in [3.8, 4) is 11.5 Å². The van der Waals surface area contributed by atoms with Crippen LogP contribution in [0.3, 0.4) is 0 Å². The van der Waals surface area contributed by atoms with Gasteiger partial charge in [0.25, 0.3) is 5.91 Å². The summed E-state index contributed by atoms with van der Waals surface area (Å²) >= 11 is 0. The molecule has 1 heterocycles. The summed E-state index contributed by atoms with van der Waals surface area (Å²) in [6.07, 6.45) is 2.14. The van der Waals surface area contributed by atoms with Crippen molar-refractivity contribution >= 4 is 11.6 Å². The van der Waals surface area contributed by atoms with E-state index in [1.807, 2.05) is 49.4 Å². The Morgan fingerprint density at radius 3 is 2.62 bits per heavy atom. The predicted molar refractivity (Wildman–Crippen MR) is 102 cm³/mol. The summed E-state index contributed by atoms with van der Waals surface area (Å²) in [5.74, 6) is 1.65. The normalized spacial score (nSPS) is 20.4. The van der Waals surface area contributed by atoms with Gasteiger partial charge in [-0.05, 0) is 31.2 Å². The number of carbonyl (C=O) groups is 1. The van der Waals surface area contributed by atoms with Gasteiger partial charge in [-0.3, -0.25) is 4.79 Å². The van der Waals surface area contributed by atoms with E-state index in [0.717, 1.165) is 42.1 Å². The van der Waals surface area contributed by atoms with Crippen LogP contribution in [0.1, 0.15) is 31.4 Å². The highest BCUT2D eigenvalue weighted by Crippen LogP contribution is 2.31. The number of rotatable bonds is 6. The van der Waals surface area contributed by atoms with Crippen molar-refractivity contribution in [1.29, 1.82) is 0 Å². The average Bonchev–Trinajstić information content (AvgIpc) is 3.17. The minimum atomic E-state index is -0.144. The number of para-hydroxylation sites is 1. The van der Waals surface area contributed by atoms with Crippen LogP contribution in [0, 0.1) is 0 Å². The number of amides is 1. The first kappa shape index (κ1) is 18.3. The van der Waals surface area contributed by atoms with Gasteiger partial charge in [0.2, 0.25) is 0 Å². The molecule has 2 aromatic rings. The maximum absolute atomic E-state index is 12.7. The molecule has 0 aromatic heterocycles. The van der Waals surface area contributed by atoms with Crippen LogP contribution >= 0.6 is 0 Å². The van der Waals surface area contributed by atoms with E-state index in [-0.39, 0.29) is 18.0 Å². The lowest BCUT2D eigenvalue weighted by Gasteiger charge is -2.28. The second kappa shape index (κ2) is 8.23. The van der Waals surface area contributed by atoms with E-state index in [1.165, 1.54) is 4.90 Å². The molecule has 0 saturated carbocycles. The standard InChI is InChI=1S/C21H26N2O3/c1-15(21(24)22-16-8-5-4-6-9-16)23-13-7-10-19(23)18-12-11-17(25-2)14-20(18)26-3/h4-6,8-9,11-12,14-15,19H,7,10,13H2,1-3H3,(H,22,24)/p+1/t15-,19+/m0/s1. The third-order valence-electron chi connectivity index (χ3n) is 5.21. The highest BCUT2D eigenvalue weighted by Gasteiger charge is 2.38. The maximum atomic E-state index is 12.7. The van der Waals surface area contributed by atoms with Crippen LogP contribution in [0.2, 0.25) is 0 Å². The Kier molecular flexibility index (Phi) is 5.78. The Morgan fingerprint density at radius 2 is 1.92 bits per heavy atom. The Bertz CT molecular complexity index is 748. The van der Waals surface area contributed by atoms with Crippen molar-refractivity contribution in [2.24, 2.45) is 0 Å². The maximum Gasteiger partial charge on any atom is 0.282 e. The molecule has 0 aliphatic carbocycles. The first-order valence-electron chi connectivity index (χ1n) is 9.07. The molecular weight excluding hydrogens is 328 g/mol. The predicted octanol–water partition coefficient (Wildman–Crippen LogP) is 2.45. The average molecular weight is 355 g/mol. The van der Waals surface area contributed by atoms with E-state index in [1.54, 1.807) is 14.2 Å². The zero-order chi connectivity index (χ0) is 18.5. The molecule has 1 saturated heterocycles. The number of carbonyl (C=O) groups excluding carboxylic acids is 1. The Labute approximate surface area is 154 Å². The van der Waals surface area contributed by atoms with Gasteiger partial charge in [0.05, 0.1) is 26.3 Å². The molecular formula is C21H27N2O3+. The van der Waals surface area contributed by atoms with E-state index >= 15 is 0 Å². The number of likely N-dealkylation sites (tertiary alicyclic amines) is 1. The fourth-order valence-electron chi connectivity index (χ4n) is 3.79. The summed E-state index contributed by atoms with van der Waals surface area (Å²) in [5, 5.41) is 3.03. The molecule has 5 heteroatoms. The van der Waals surface area contributed by atoms with Crippen molar-refractivity contribution in [1.82, 2.24) is 0 Å². The minimum Gasteiger partial charge on any atom is -0.497 e. The van der Waals surface area contributed by atoms with E-state index < -0.39 is 0 Å². The molecule has 2 aromatic carbocycles. The number of quaternary nitrogens is 1. The number of methoxy groups -OCH3 is 2. The first-order chi connectivity index (χ1) is 12.6. The second-order valence-corrected chi connectivity index (χ2v) is 6.70. The van der Waals surface area contributed by atoms with Crippen molar-refractivity contribution in [3.63, 3.8) is 0 Å². The van der Waals surface area contributed by atoms with Crippen molar-refractivity contribution < 1.29 is 19.2 Å². The third kappa shape index (κ3) is 3.83. The van der Waals surface area contributed by atoms with Gasteiger partial charge in [-0.25, -0.2) is 0 Å². The van der Waals surface area contributed by atoms with Gasteiger partial charge in [-0.15, -0.1) is 0 Å². The topological polar surface area (TPSA) is 52.0 Å². The van der Waals surface area contributed by atoms with Crippen molar-refractivity contribution in [2.45, 2.75) is 31.8 Å². The van der Waals surface area contributed by atoms with Gasteiger partial charge in [0.1, 0.15) is 17.5 Å². The van der Waals surface area contributed by atoms with Crippen LogP contribution in [0.25, 0.3) is 0 Å². The van der Waals surface area contributed by atoms with Gasteiger partial charge in [-0.1, -0.05) is 18.2 Å². The summed E-state index contributed by atoms with van der Waals surface area (Å²) < 4.78 is 10.9. The molecule has 2 N–H and O–H groups in total. The quantitative estimate of drug-likeness (QED) is 0.837. The molecule has 1 fully saturated rings. The number of ether oxygens (including phenoxy) is 2. The largest absolute Gasteiger partial charge is 0.497 e. The minimum absolute atomic E-state index is 0.0468. The zero-order valence-electron chi connectivity index (χ0n) is 15.6. The monoisotopic (exact) mass is 355 g/mol. The van der Waals surface area contributed by atoms with Crippen LogP contribution in [0.4, 0.5) is 5.69 Å². The van der Waals surface area contributed by atoms with Crippen LogP contribution in [0.15, 0.2) is 48.5 Å².